The van der Waals surface area contributed by atoms with E-state index in [1.54, 1.807) is 18.2 Å². The second-order valence-electron chi connectivity index (χ2n) is 6.62. The van der Waals surface area contributed by atoms with Crippen molar-refractivity contribution in [2.75, 3.05) is 11.8 Å². The lowest BCUT2D eigenvalue weighted by Gasteiger charge is -2.12. The first-order valence-corrected chi connectivity index (χ1v) is 10.9. The summed E-state index contributed by atoms with van der Waals surface area (Å²) in [5.41, 5.74) is 1.12. The number of amides is 1. The van der Waals surface area contributed by atoms with Gasteiger partial charge in [0.15, 0.2) is 0 Å². The number of hydrogen-bond acceptors (Lipinski definition) is 5. The minimum atomic E-state index is -4.58. The van der Waals surface area contributed by atoms with Crippen LogP contribution in [0.4, 0.5) is 18.9 Å². The number of hydrazone groups is 1. The number of nitrogens with zero attached hydrogens (tertiary/aromatic N) is 1. The van der Waals surface area contributed by atoms with E-state index in [1.807, 2.05) is 0 Å². The Morgan fingerprint density at radius 1 is 1.00 bits per heavy atom. The van der Waals surface area contributed by atoms with Crippen LogP contribution in [0.1, 0.15) is 21.5 Å². The van der Waals surface area contributed by atoms with E-state index in [0.29, 0.717) is 5.75 Å². The van der Waals surface area contributed by atoms with Crippen molar-refractivity contribution in [3.63, 3.8) is 0 Å². The molecule has 0 bridgehead atoms. The van der Waals surface area contributed by atoms with Crippen LogP contribution < -0.4 is 14.9 Å². The average Bonchev–Trinajstić information content (AvgIpc) is 2.79. The Labute approximate surface area is 188 Å². The van der Waals surface area contributed by atoms with Crippen molar-refractivity contribution < 1.29 is 31.1 Å². The van der Waals surface area contributed by atoms with Gasteiger partial charge in [-0.15, -0.1) is 0 Å². The summed E-state index contributed by atoms with van der Waals surface area (Å²) in [6, 6.07) is 16.2. The summed E-state index contributed by atoms with van der Waals surface area (Å²) in [5, 5.41) is 3.57. The molecular formula is C22H18F3N3O4S. The minimum Gasteiger partial charge on any atom is -0.495 e. The molecule has 7 nitrogen and oxygen atoms in total. The lowest BCUT2D eigenvalue weighted by atomic mass is 10.1. The number of carbonyl (C=O) groups is 1. The number of hydrogen-bond donors (Lipinski definition) is 2. The first-order chi connectivity index (χ1) is 15.6. The molecule has 3 rings (SSSR count). The molecule has 172 valence electrons. The lowest BCUT2D eigenvalue weighted by molar-refractivity contribution is -0.137. The maximum Gasteiger partial charge on any atom is 0.417 e. The van der Waals surface area contributed by atoms with Crippen molar-refractivity contribution in [3.05, 3.63) is 89.5 Å². The SMILES string of the molecule is COc1ccccc1NS(=O)(=O)c1cccc(C(=O)N/N=C\c2ccccc2C(F)(F)F)c1. The highest BCUT2D eigenvalue weighted by molar-refractivity contribution is 7.92. The zero-order valence-corrected chi connectivity index (χ0v) is 17.9. The van der Waals surface area contributed by atoms with Crippen LogP contribution in [0, 0.1) is 0 Å². The number of sulfonamides is 1. The fourth-order valence-corrected chi connectivity index (χ4v) is 3.95. The average molecular weight is 477 g/mol. The summed E-state index contributed by atoms with van der Waals surface area (Å²) in [4.78, 5) is 12.2. The molecule has 0 radical (unpaired) electrons. The first-order valence-electron chi connectivity index (χ1n) is 9.37. The van der Waals surface area contributed by atoms with Crippen LogP contribution in [0.15, 0.2) is 82.8 Å². The molecule has 0 saturated heterocycles. The third-order valence-electron chi connectivity index (χ3n) is 4.39. The molecule has 0 saturated carbocycles. The van der Waals surface area contributed by atoms with Crippen LogP contribution in [0.3, 0.4) is 0 Å². The molecule has 0 spiro atoms. The Kier molecular flexibility index (Phi) is 7.02. The third-order valence-corrected chi connectivity index (χ3v) is 5.76. The molecule has 0 aliphatic heterocycles. The van der Waals surface area contributed by atoms with Gasteiger partial charge in [-0.1, -0.05) is 36.4 Å². The third kappa shape index (κ3) is 5.89. The van der Waals surface area contributed by atoms with Crippen molar-refractivity contribution in [1.82, 2.24) is 5.43 Å². The number of anilines is 1. The largest absolute Gasteiger partial charge is 0.495 e. The van der Waals surface area contributed by atoms with E-state index in [-0.39, 0.29) is 21.7 Å². The van der Waals surface area contributed by atoms with Gasteiger partial charge in [0.2, 0.25) is 0 Å². The Bertz CT molecular complexity index is 1290. The van der Waals surface area contributed by atoms with Gasteiger partial charge in [0.05, 0.1) is 29.5 Å². The molecule has 11 heteroatoms. The summed E-state index contributed by atoms with van der Waals surface area (Å²) >= 11 is 0. The summed E-state index contributed by atoms with van der Waals surface area (Å²) < 4.78 is 72.1. The number of nitrogens with one attached hydrogen (secondary N) is 2. The highest BCUT2D eigenvalue weighted by Crippen LogP contribution is 2.31. The molecule has 0 aliphatic rings. The van der Waals surface area contributed by atoms with E-state index >= 15 is 0 Å². The summed E-state index contributed by atoms with van der Waals surface area (Å²) in [6.07, 6.45) is -3.71. The molecule has 0 aliphatic carbocycles. The van der Waals surface area contributed by atoms with E-state index in [4.69, 9.17) is 4.74 Å². The van der Waals surface area contributed by atoms with Crippen molar-refractivity contribution >= 4 is 27.8 Å². The standard InChI is InChI=1S/C22H18F3N3O4S/c1-32-20-12-5-4-11-19(20)28-33(30,31)17-9-6-8-15(13-17)21(29)27-26-14-16-7-2-3-10-18(16)22(23,24)25/h2-14,28H,1H3,(H,27,29)/b26-14-. The molecule has 33 heavy (non-hydrogen) atoms. The summed E-state index contributed by atoms with van der Waals surface area (Å²) in [7, 11) is -2.67. The number of halogens is 3. The van der Waals surface area contributed by atoms with Gasteiger partial charge in [0.1, 0.15) is 5.75 Å². The number of methoxy groups -OCH3 is 1. The molecule has 0 unspecified atom stereocenters. The number of para-hydroxylation sites is 2. The monoisotopic (exact) mass is 477 g/mol. The Morgan fingerprint density at radius 3 is 2.42 bits per heavy atom. The Morgan fingerprint density at radius 2 is 1.70 bits per heavy atom. The van der Waals surface area contributed by atoms with Gasteiger partial charge in [0.25, 0.3) is 15.9 Å². The van der Waals surface area contributed by atoms with Crippen LogP contribution in [0.25, 0.3) is 0 Å². The molecule has 0 fully saturated rings. The number of benzene rings is 3. The van der Waals surface area contributed by atoms with E-state index in [0.717, 1.165) is 18.3 Å². The molecular weight excluding hydrogens is 459 g/mol. The van der Waals surface area contributed by atoms with Crippen LogP contribution in [-0.4, -0.2) is 27.6 Å². The zero-order valence-electron chi connectivity index (χ0n) is 17.1. The first kappa shape index (κ1) is 23.8. The topological polar surface area (TPSA) is 96.9 Å². The highest BCUT2D eigenvalue weighted by atomic mass is 32.2. The lowest BCUT2D eigenvalue weighted by Crippen LogP contribution is -2.19. The van der Waals surface area contributed by atoms with Gasteiger partial charge in [-0.3, -0.25) is 9.52 Å². The van der Waals surface area contributed by atoms with Gasteiger partial charge < -0.3 is 4.74 Å². The normalized spacial score (nSPS) is 11.9. The quantitative estimate of drug-likeness (QED) is 0.392. The summed E-state index contributed by atoms with van der Waals surface area (Å²) in [6.45, 7) is 0. The van der Waals surface area contributed by atoms with Crippen molar-refractivity contribution in [1.29, 1.82) is 0 Å². The van der Waals surface area contributed by atoms with Crippen LogP contribution in [0.5, 0.6) is 5.75 Å². The number of ether oxygens (including phenoxy) is 1. The van der Waals surface area contributed by atoms with Crippen LogP contribution >= 0.6 is 0 Å². The molecule has 3 aromatic rings. The fraction of sp³-hybridized carbons (Fsp3) is 0.0909. The highest BCUT2D eigenvalue weighted by Gasteiger charge is 2.32. The van der Waals surface area contributed by atoms with Crippen LogP contribution in [-0.2, 0) is 16.2 Å². The smallest absolute Gasteiger partial charge is 0.417 e. The van der Waals surface area contributed by atoms with Crippen molar-refractivity contribution in [2.45, 2.75) is 11.1 Å². The van der Waals surface area contributed by atoms with Crippen LogP contribution in [0.2, 0.25) is 0 Å². The van der Waals surface area contributed by atoms with Gasteiger partial charge in [-0.05, 0) is 36.4 Å². The number of carbonyl (C=O) groups excluding carboxylic acids is 1. The molecule has 0 aromatic heterocycles. The Balaban J connectivity index is 1.77. The Hall–Kier alpha value is -3.86. The van der Waals surface area contributed by atoms with E-state index in [9.17, 15) is 26.4 Å². The van der Waals surface area contributed by atoms with Gasteiger partial charge in [-0.2, -0.15) is 18.3 Å². The van der Waals surface area contributed by atoms with E-state index < -0.39 is 27.7 Å². The van der Waals surface area contributed by atoms with Crippen molar-refractivity contribution in [2.24, 2.45) is 5.10 Å². The molecule has 1 amide bonds. The number of alkyl halides is 3. The number of rotatable bonds is 7. The molecule has 2 N–H and O–H groups in total. The molecule has 0 atom stereocenters. The van der Waals surface area contributed by atoms with Gasteiger partial charge in [0, 0.05) is 11.1 Å². The molecule has 3 aromatic carbocycles. The second-order valence-corrected chi connectivity index (χ2v) is 8.30. The predicted molar refractivity (Wildman–Crippen MR) is 117 cm³/mol. The van der Waals surface area contributed by atoms with Crippen molar-refractivity contribution in [3.8, 4) is 5.75 Å². The predicted octanol–water partition coefficient (Wildman–Crippen LogP) is 4.28. The van der Waals surface area contributed by atoms with Gasteiger partial charge in [-0.25, -0.2) is 13.8 Å². The molecule has 0 heterocycles. The zero-order chi connectivity index (χ0) is 24.1. The maximum atomic E-state index is 13.0. The maximum absolute atomic E-state index is 13.0. The van der Waals surface area contributed by atoms with E-state index in [1.165, 1.54) is 49.6 Å². The van der Waals surface area contributed by atoms with E-state index in [2.05, 4.69) is 15.2 Å². The van der Waals surface area contributed by atoms with Gasteiger partial charge >= 0.3 is 6.18 Å². The fourth-order valence-electron chi connectivity index (χ4n) is 2.83. The second kappa shape index (κ2) is 9.74. The minimum absolute atomic E-state index is 0.0563. The summed E-state index contributed by atoms with van der Waals surface area (Å²) in [5.74, 6) is -0.492.